The predicted molar refractivity (Wildman–Crippen MR) is 84.6 cm³/mol. The average molecular weight is 275 g/mol. The Kier molecular flexibility index (Phi) is 5.99. The van der Waals surface area contributed by atoms with Gasteiger partial charge in [-0.05, 0) is 56.8 Å². The van der Waals surface area contributed by atoms with Crippen LogP contribution in [0.15, 0.2) is 24.5 Å². The highest BCUT2D eigenvalue weighted by molar-refractivity contribution is 5.08. The molecular weight excluding hydrogens is 246 g/mol. The van der Waals surface area contributed by atoms with E-state index in [-0.39, 0.29) is 0 Å². The van der Waals surface area contributed by atoms with E-state index in [2.05, 4.69) is 42.2 Å². The maximum absolute atomic E-state index is 4.22. The van der Waals surface area contributed by atoms with Gasteiger partial charge >= 0.3 is 0 Å². The molecule has 3 unspecified atom stereocenters. The lowest BCUT2D eigenvalue weighted by Crippen LogP contribution is -2.51. The van der Waals surface area contributed by atoms with Gasteiger partial charge in [0.25, 0.3) is 0 Å². The van der Waals surface area contributed by atoms with Crippen molar-refractivity contribution >= 4 is 0 Å². The monoisotopic (exact) mass is 275 g/mol. The Bertz CT molecular complexity index is 377. The number of nitrogens with zero attached hydrogens (tertiary/aromatic N) is 2. The molecule has 1 aromatic heterocycles. The van der Waals surface area contributed by atoms with Crippen LogP contribution in [0.1, 0.15) is 45.1 Å². The van der Waals surface area contributed by atoms with Crippen LogP contribution in [0.25, 0.3) is 0 Å². The van der Waals surface area contributed by atoms with Crippen molar-refractivity contribution in [2.75, 3.05) is 13.6 Å². The zero-order chi connectivity index (χ0) is 14.4. The first-order valence-electron chi connectivity index (χ1n) is 8.03. The van der Waals surface area contributed by atoms with Crippen molar-refractivity contribution in [1.82, 2.24) is 15.2 Å². The molecule has 0 radical (unpaired) electrons. The normalized spacial score (nSPS) is 26.9. The Labute approximate surface area is 123 Å². The van der Waals surface area contributed by atoms with E-state index in [1.54, 1.807) is 0 Å². The molecule has 0 spiro atoms. The summed E-state index contributed by atoms with van der Waals surface area (Å²) in [7, 11) is 2.26. The van der Waals surface area contributed by atoms with Gasteiger partial charge in [0, 0.05) is 31.0 Å². The van der Waals surface area contributed by atoms with Crippen LogP contribution in [0.4, 0.5) is 0 Å². The lowest BCUT2D eigenvalue weighted by Gasteiger charge is -2.41. The minimum Gasteiger partial charge on any atom is -0.312 e. The molecular formula is C17H29N3. The third-order valence-corrected chi connectivity index (χ3v) is 4.46. The smallest absolute Gasteiger partial charge is 0.0312 e. The van der Waals surface area contributed by atoms with E-state index in [1.807, 2.05) is 18.5 Å². The van der Waals surface area contributed by atoms with Gasteiger partial charge in [-0.25, -0.2) is 0 Å². The minimum absolute atomic E-state index is 0.644. The highest BCUT2D eigenvalue weighted by Crippen LogP contribution is 2.28. The summed E-state index contributed by atoms with van der Waals surface area (Å²) < 4.78 is 0. The average Bonchev–Trinajstić information content (AvgIpc) is 2.47. The summed E-state index contributed by atoms with van der Waals surface area (Å²) in [6.07, 6.45) is 9.01. The van der Waals surface area contributed by atoms with Crippen molar-refractivity contribution < 1.29 is 0 Å². The molecule has 3 nitrogen and oxygen atoms in total. The van der Waals surface area contributed by atoms with Crippen LogP contribution in [0.3, 0.4) is 0 Å². The number of hydrogen-bond donors (Lipinski definition) is 1. The van der Waals surface area contributed by atoms with E-state index in [0.29, 0.717) is 12.1 Å². The molecule has 0 aromatic carbocycles. The summed E-state index contributed by atoms with van der Waals surface area (Å²) in [5.41, 5.74) is 1.31. The van der Waals surface area contributed by atoms with Crippen LogP contribution >= 0.6 is 0 Å². The molecule has 1 N–H and O–H groups in total. The van der Waals surface area contributed by atoms with Gasteiger partial charge in [0.2, 0.25) is 0 Å². The molecule has 1 aliphatic carbocycles. The summed E-state index contributed by atoms with van der Waals surface area (Å²) in [5.74, 6) is 0.844. The van der Waals surface area contributed by atoms with Gasteiger partial charge in [-0.15, -0.1) is 0 Å². The standard InChI is InChI=1S/C17H29N3/c1-4-9-19-16-8-7-14(2)11-17(16)20(3)13-15-6-5-10-18-12-15/h5-6,10,12,14,16-17,19H,4,7-9,11,13H2,1-3H3. The van der Waals surface area contributed by atoms with E-state index < -0.39 is 0 Å². The second kappa shape index (κ2) is 7.75. The quantitative estimate of drug-likeness (QED) is 0.865. The van der Waals surface area contributed by atoms with Crippen LogP contribution < -0.4 is 5.32 Å². The summed E-state index contributed by atoms with van der Waals surface area (Å²) in [5, 5.41) is 3.75. The zero-order valence-electron chi connectivity index (χ0n) is 13.2. The molecule has 0 amide bonds. The van der Waals surface area contributed by atoms with Gasteiger partial charge in [-0.2, -0.15) is 0 Å². The molecule has 112 valence electrons. The molecule has 3 heteroatoms. The molecule has 0 saturated heterocycles. The fraction of sp³-hybridized carbons (Fsp3) is 0.706. The predicted octanol–water partition coefficient (Wildman–Crippen LogP) is 3.07. The molecule has 1 saturated carbocycles. The molecule has 20 heavy (non-hydrogen) atoms. The summed E-state index contributed by atoms with van der Waals surface area (Å²) in [4.78, 5) is 6.74. The van der Waals surface area contributed by atoms with Gasteiger partial charge in [-0.1, -0.05) is 19.9 Å². The van der Waals surface area contributed by atoms with E-state index in [9.17, 15) is 0 Å². The molecule has 0 bridgehead atoms. The number of aromatic nitrogens is 1. The van der Waals surface area contributed by atoms with Crippen LogP contribution in [0.5, 0.6) is 0 Å². The van der Waals surface area contributed by atoms with Crippen molar-refractivity contribution in [2.45, 2.75) is 58.2 Å². The maximum Gasteiger partial charge on any atom is 0.0312 e. The summed E-state index contributed by atoms with van der Waals surface area (Å²) >= 11 is 0. The van der Waals surface area contributed by atoms with E-state index in [1.165, 1.54) is 31.2 Å². The van der Waals surface area contributed by atoms with Crippen LogP contribution in [-0.2, 0) is 6.54 Å². The number of nitrogens with one attached hydrogen (secondary N) is 1. The van der Waals surface area contributed by atoms with E-state index in [4.69, 9.17) is 0 Å². The molecule has 1 fully saturated rings. The Balaban J connectivity index is 1.97. The highest BCUT2D eigenvalue weighted by Gasteiger charge is 2.30. The van der Waals surface area contributed by atoms with Crippen molar-refractivity contribution in [1.29, 1.82) is 0 Å². The van der Waals surface area contributed by atoms with Gasteiger partial charge < -0.3 is 5.32 Å². The largest absolute Gasteiger partial charge is 0.312 e. The van der Waals surface area contributed by atoms with Crippen molar-refractivity contribution in [2.24, 2.45) is 5.92 Å². The lowest BCUT2D eigenvalue weighted by atomic mass is 9.82. The maximum atomic E-state index is 4.22. The van der Waals surface area contributed by atoms with Gasteiger partial charge in [0.05, 0.1) is 0 Å². The number of pyridine rings is 1. The molecule has 2 rings (SSSR count). The molecule has 1 heterocycles. The van der Waals surface area contributed by atoms with Crippen molar-refractivity contribution in [3.63, 3.8) is 0 Å². The molecule has 1 aromatic rings. The molecule has 1 aliphatic rings. The molecule has 3 atom stereocenters. The Morgan fingerprint density at radius 3 is 2.95 bits per heavy atom. The zero-order valence-corrected chi connectivity index (χ0v) is 13.2. The van der Waals surface area contributed by atoms with E-state index in [0.717, 1.165) is 19.0 Å². The van der Waals surface area contributed by atoms with Gasteiger partial charge in [0.1, 0.15) is 0 Å². The number of rotatable bonds is 6. The summed E-state index contributed by atoms with van der Waals surface area (Å²) in [6, 6.07) is 5.49. The second-order valence-electron chi connectivity index (χ2n) is 6.32. The first-order chi connectivity index (χ1) is 9.70. The van der Waals surface area contributed by atoms with E-state index >= 15 is 0 Å². The Morgan fingerprint density at radius 1 is 1.40 bits per heavy atom. The SMILES string of the molecule is CCCNC1CCC(C)CC1N(C)Cc1cccnc1. The first kappa shape index (κ1) is 15.5. The highest BCUT2D eigenvalue weighted by atomic mass is 15.2. The minimum atomic E-state index is 0.644. The number of hydrogen-bond acceptors (Lipinski definition) is 3. The van der Waals surface area contributed by atoms with Gasteiger partial charge in [0.15, 0.2) is 0 Å². The Morgan fingerprint density at radius 2 is 2.25 bits per heavy atom. The fourth-order valence-electron chi connectivity index (χ4n) is 3.30. The van der Waals surface area contributed by atoms with Crippen LogP contribution in [0.2, 0.25) is 0 Å². The number of likely N-dealkylation sites (N-methyl/N-ethyl adjacent to an activating group) is 1. The van der Waals surface area contributed by atoms with Crippen molar-refractivity contribution in [3.05, 3.63) is 30.1 Å². The van der Waals surface area contributed by atoms with Crippen LogP contribution in [0, 0.1) is 5.92 Å². The third kappa shape index (κ3) is 4.29. The third-order valence-electron chi connectivity index (χ3n) is 4.46. The lowest BCUT2D eigenvalue weighted by molar-refractivity contribution is 0.119. The fourth-order valence-corrected chi connectivity index (χ4v) is 3.30. The van der Waals surface area contributed by atoms with Crippen molar-refractivity contribution in [3.8, 4) is 0 Å². The molecule has 0 aliphatic heterocycles. The van der Waals surface area contributed by atoms with Crippen LogP contribution in [-0.4, -0.2) is 35.6 Å². The topological polar surface area (TPSA) is 28.2 Å². The summed E-state index contributed by atoms with van der Waals surface area (Å²) in [6.45, 7) is 6.76. The second-order valence-corrected chi connectivity index (χ2v) is 6.32. The first-order valence-corrected chi connectivity index (χ1v) is 8.03. The Hall–Kier alpha value is -0.930. The van der Waals surface area contributed by atoms with Gasteiger partial charge in [-0.3, -0.25) is 9.88 Å².